The molecule has 1 amide bonds. The van der Waals surface area contributed by atoms with Gasteiger partial charge in [-0.2, -0.15) is 13.2 Å². The number of nitrogens with one attached hydrogen (secondary N) is 1. The minimum atomic E-state index is -4.31. The number of carbonyl (C=O) groups is 1. The summed E-state index contributed by atoms with van der Waals surface area (Å²) in [6.45, 7) is 0.389. The zero-order chi connectivity index (χ0) is 19.3. The van der Waals surface area contributed by atoms with Gasteiger partial charge in [-0.25, -0.2) is 0 Å². The number of halogens is 3. The molecule has 0 saturated heterocycles. The average molecular weight is 392 g/mol. The van der Waals surface area contributed by atoms with E-state index < -0.39 is 5.51 Å². The highest BCUT2D eigenvalue weighted by Crippen LogP contribution is 2.36. The lowest BCUT2D eigenvalue weighted by molar-refractivity contribution is -0.116. The molecule has 3 aromatic rings. The molecule has 2 aromatic heterocycles. The lowest BCUT2D eigenvalue weighted by Gasteiger charge is -2.05. The molecule has 0 aliphatic rings. The number of fused-ring (bicyclic) bond motifs is 1. The van der Waals surface area contributed by atoms with Gasteiger partial charge in [0.2, 0.25) is 5.91 Å². The van der Waals surface area contributed by atoms with E-state index in [2.05, 4.69) is 15.5 Å². The topological polar surface area (TPSA) is 59.3 Å². The van der Waals surface area contributed by atoms with E-state index in [0.29, 0.717) is 18.5 Å². The van der Waals surface area contributed by atoms with Crippen LogP contribution in [0, 0.1) is 0 Å². The van der Waals surface area contributed by atoms with Gasteiger partial charge in [0.05, 0.1) is 0 Å². The fraction of sp³-hybridized carbons (Fsp3) is 0.167. The van der Waals surface area contributed by atoms with Gasteiger partial charge in [0.25, 0.3) is 0 Å². The normalized spacial score (nSPS) is 12.0. The molecule has 27 heavy (non-hydrogen) atoms. The van der Waals surface area contributed by atoms with Crippen LogP contribution >= 0.6 is 11.8 Å². The Kier molecular flexibility index (Phi) is 5.80. The first-order valence-electron chi connectivity index (χ1n) is 8.01. The first kappa shape index (κ1) is 19.0. The molecule has 0 saturated carbocycles. The minimum absolute atomic E-state index is 0.102. The van der Waals surface area contributed by atoms with E-state index in [0.717, 1.165) is 11.5 Å². The van der Waals surface area contributed by atoms with E-state index in [4.69, 9.17) is 0 Å². The van der Waals surface area contributed by atoms with Crippen molar-refractivity contribution in [1.82, 2.24) is 19.9 Å². The standard InChI is InChI=1S/C18H15F3N4OS/c19-18(20,21)27-14-7-4-13(5-8-14)6-9-17(26)22-11-10-16-24-23-15-3-1-2-12-25(15)16/h1-9,12H,10-11H2,(H,22,26)/b9-6+. The Morgan fingerprint density at radius 3 is 2.67 bits per heavy atom. The predicted molar refractivity (Wildman–Crippen MR) is 97.1 cm³/mol. The Balaban J connectivity index is 1.49. The number of alkyl halides is 3. The Hall–Kier alpha value is -2.81. The van der Waals surface area contributed by atoms with E-state index in [1.165, 1.54) is 30.3 Å². The van der Waals surface area contributed by atoms with Gasteiger partial charge in [-0.15, -0.1) is 10.2 Å². The molecule has 3 rings (SSSR count). The molecule has 0 aliphatic heterocycles. The van der Waals surface area contributed by atoms with Crippen LogP contribution in [0.15, 0.2) is 59.6 Å². The van der Waals surface area contributed by atoms with Gasteiger partial charge in [-0.1, -0.05) is 18.2 Å². The Bertz CT molecular complexity index is 951. The van der Waals surface area contributed by atoms with Crippen LogP contribution in [0.4, 0.5) is 13.2 Å². The van der Waals surface area contributed by atoms with Crippen molar-refractivity contribution in [2.75, 3.05) is 6.54 Å². The summed E-state index contributed by atoms with van der Waals surface area (Å²) in [7, 11) is 0. The molecule has 0 spiro atoms. The number of hydrogen-bond donors (Lipinski definition) is 1. The highest BCUT2D eigenvalue weighted by Gasteiger charge is 2.28. The van der Waals surface area contributed by atoms with Gasteiger partial charge in [0.1, 0.15) is 5.82 Å². The van der Waals surface area contributed by atoms with Crippen molar-refractivity contribution in [3.8, 4) is 0 Å². The number of benzene rings is 1. The predicted octanol–water partition coefficient (Wildman–Crippen LogP) is 3.71. The van der Waals surface area contributed by atoms with Crippen molar-refractivity contribution in [2.45, 2.75) is 16.8 Å². The Labute approximate surface area is 157 Å². The monoisotopic (exact) mass is 392 g/mol. The summed E-state index contributed by atoms with van der Waals surface area (Å²) < 4.78 is 38.7. The van der Waals surface area contributed by atoms with E-state index in [1.54, 1.807) is 6.08 Å². The summed E-state index contributed by atoms with van der Waals surface area (Å²) in [5, 5.41) is 10.9. The van der Waals surface area contributed by atoms with Crippen LogP contribution in [-0.4, -0.2) is 32.6 Å². The van der Waals surface area contributed by atoms with E-state index >= 15 is 0 Å². The highest BCUT2D eigenvalue weighted by molar-refractivity contribution is 8.00. The van der Waals surface area contributed by atoms with E-state index in [-0.39, 0.29) is 22.6 Å². The Morgan fingerprint density at radius 2 is 1.93 bits per heavy atom. The molecule has 2 heterocycles. The number of aromatic nitrogens is 3. The maximum Gasteiger partial charge on any atom is 0.446 e. The largest absolute Gasteiger partial charge is 0.446 e. The molecule has 0 atom stereocenters. The quantitative estimate of drug-likeness (QED) is 0.513. The van der Waals surface area contributed by atoms with Crippen LogP contribution in [0.25, 0.3) is 11.7 Å². The highest BCUT2D eigenvalue weighted by atomic mass is 32.2. The van der Waals surface area contributed by atoms with Gasteiger partial charge >= 0.3 is 5.51 Å². The second-order valence-corrected chi connectivity index (χ2v) is 6.67. The Morgan fingerprint density at radius 1 is 1.15 bits per heavy atom. The zero-order valence-electron chi connectivity index (χ0n) is 14.0. The lowest BCUT2D eigenvalue weighted by atomic mass is 10.2. The number of hydrogen-bond acceptors (Lipinski definition) is 4. The van der Waals surface area contributed by atoms with Gasteiger partial charge in [0.15, 0.2) is 5.65 Å². The fourth-order valence-corrected chi connectivity index (χ4v) is 2.91. The van der Waals surface area contributed by atoms with Crippen LogP contribution in [-0.2, 0) is 11.2 Å². The van der Waals surface area contributed by atoms with Crippen LogP contribution in [0.3, 0.4) is 0 Å². The number of carbonyl (C=O) groups excluding carboxylic acids is 1. The third-order valence-electron chi connectivity index (χ3n) is 3.57. The van der Waals surface area contributed by atoms with Gasteiger partial charge in [-0.3, -0.25) is 9.20 Å². The zero-order valence-corrected chi connectivity index (χ0v) is 14.8. The number of nitrogens with zero attached hydrogens (tertiary/aromatic N) is 3. The van der Waals surface area contributed by atoms with Crippen molar-refractivity contribution >= 4 is 29.4 Å². The van der Waals surface area contributed by atoms with Crippen LogP contribution < -0.4 is 5.32 Å². The van der Waals surface area contributed by atoms with Crippen molar-refractivity contribution in [2.24, 2.45) is 0 Å². The molecule has 0 aliphatic carbocycles. The van der Waals surface area contributed by atoms with Crippen molar-refractivity contribution in [3.05, 3.63) is 66.1 Å². The first-order chi connectivity index (χ1) is 12.9. The smallest absolute Gasteiger partial charge is 0.352 e. The van der Waals surface area contributed by atoms with Crippen molar-refractivity contribution in [3.63, 3.8) is 0 Å². The maximum absolute atomic E-state index is 12.3. The van der Waals surface area contributed by atoms with Crippen molar-refractivity contribution in [1.29, 1.82) is 0 Å². The SMILES string of the molecule is O=C(/C=C/c1ccc(SC(F)(F)F)cc1)NCCc1nnc2ccccn12. The fourth-order valence-electron chi connectivity index (χ4n) is 2.37. The summed E-state index contributed by atoms with van der Waals surface area (Å²) in [5.41, 5.74) is -2.93. The van der Waals surface area contributed by atoms with E-state index in [1.807, 2.05) is 28.8 Å². The number of pyridine rings is 1. The lowest BCUT2D eigenvalue weighted by Crippen LogP contribution is -2.24. The third-order valence-corrected chi connectivity index (χ3v) is 4.31. The molecular weight excluding hydrogens is 377 g/mol. The van der Waals surface area contributed by atoms with Crippen molar-refractivity contribution < 1.29 is 18.0 Å². The van der Waals surface area contributed by atoms with Crippen LogP contribution in [0.2, 0.25) is 0 Å². The molecule has 0 radical (unpaired) electrons. The molecule has 5 nitrogen and oxygen atoms in total. The molecule has 0 fully saturated rings. The molecule has 0 unspecified atom stereocenters. The maximum atomic E-state index is 12.3. The first-order valence-corrected chi connectivity index (χ1v) is 8.83. The van der Waals surface area contributed by atoms with Gasteiger partial charge in [0, 0.05) is 30.1 Å². The van der Waals surface area contributed by atoms with Gasteiger partial charge in [-0.05, 0) is 47.7 Å². The third kappa shape index (κ3) is 5.58. The summed E-state index contributed by atoms with van der Waals surface area (Å²) in [4.78, 5) is 12.0. The van der Waals surface area contributed by atoms with Crippen LogP contribution in [0.1, 0.15) is 11.4 Å². The number of thioether (sulfide) groups is 1. The number of amides is 1. The molecule has 9 heteroatoms. The van der Waals surface area contributed by atoms with Gasteiger partial charge < -0.3 is 5.32 Å². The minimum Gasteiger partial charge on any atom is -0.352 e. The summed E-state index contributed by atoms with van der Waals surface area (Å²) in [5.74, 6) is 0.449. The molecule has 0 bridgehead atoms. The van der Waals surface area contributed by atoms with E-state index in [9.17, 15) is 18.0 Å². The second-order valence-electron chi connectivity index (χ2n) is 5.54. The number of rotatable bonds is 6. The average Bonchev–Trinajstić information content (AvgIpc) is 3.03. The summed E-state index contributed by atoms with van der Waals surface area (Å²) in [6.07, 6.45) is 5.26. The summed E-state index contributed by atoms with van der Waals surface area (Å²) >= 11 is -0.172. The summed E-state index contributed by atoms with van der Waals surface area (Å²) in [6, 6.07) is 11.4. The van der Waals surface area contributed by atoms with Crippen LogP contribution in [0.5, 0.6) is 0 Å². The molecule has 1 aromatic carbocycles. The molecular formula is C18H15F3N4OS. The molecule has 1 N–H and O–H groups in total. The second kappa shape index (κ2) is 8.26. The molecule has 140 valence electrons.